The number of rotatable bonds is 7. The number of methoxy groups -OCH3 is 1. The van der Waals surface area contributed by atoms with Gasteiger partial charge in [-0.3, -0.25) is 0 Å². The number of hydrogen-bond donors (Lipinski definition) is 2. The van der Waals surface area contributed by atoms with Gasteiger partial charge in [-0.25, -0.2) is 0 Å². The third kappa shape index (κ3) is 2.88. The van der Waals surface area contributed by atoms with Crippen LogP contribution in [0, 0.1) is 0 Å². The molecule has 0 amide bonds. The van der Waals surface area contributed by atoms with E-state index in [9.17, 15) is 10.2 Å². The minimum absolute atomic E-state index is 0.00743. The first-order valence-electron chi connectivity index (χ1n) is 8.23. The fourth-order valence-corrected chi connectivity index (χ4v) is 3.73. The van der Waals surface area contributed by atoms with Crippen molar-refractivity contribution in [3.05, 3.63) is 35.9 Å². The molecule has 0 aromatic heterocycles. The number of aliphatic hydroxyl groups is 2. The molecule has 4 bridgehead atoms. The Hall–Kier alpha value is -1.10. The molecule has 2 N–H and O–H groups in total. The predicted molar refractivity (Wildman–Crippen MR) is 82.2 cm³/mol. The van der Waals surface area contributed by atoms with Crippen molar-refractivity contribution in [3.63, 3.8) is 0 Å². The summed E-state index contributed by atoms with van der Waals surface area (Å²) in [7, 11) is 1.50. The lowest BCUT2D eigenvalue weighted by Crippen LogP contribution is -2.81. The second-order valence-corrected chi connectivity index (χ2v) is 6.45. The van der Waals surface area contributed by atoms with Crippen molar-refractivity contribution in [1.29, 1.82) is 0 Å². The molecule has 1 aliphatic carbocycles. The molecule has 4 fully saturated rings. The smallest absolute Gasteiger partial charge is 0.273 e. The summed E-state index contributed by atoms with van der Waals surface area (Å²) in [5.74, 6) is 0. The zero-order valence-corrected chi connectivity index (χ0v) is 13.8. The van der Waals surface area contributed by atoms with E-state index in [0.29, 0.717) is 6.61 Å². The number of benzene rings is 1. The molecule has 8 nitrogen and oxygen atoms in total. The summed E-state index contributed by atoms with van der Waals surface area (Å²) < 4.78 is 33.6. The maximum Gasteiger partial charge on any atom is 0.273 e. The Morgan fingerprint density at radius 3 is 2.36 bits per heavy atom. The van der Waals surface area contributed by atoms with E-state index in [0.717, 1.165) is 5.56 Å². The van der Waals surface area contributed by atoms with E-state index in [1.165, 1.54) is 7.11 Å². The fraction of sp³-hybridized carbons (Fsp3) is 0.647. The van der Waals surface area contributed by atoms with Gasteiger partial charge in [0.2, 0.25) is 0 Å². The average molecular weight is 354 g/mol. The topological polar surface area (TPSA) is 95.8 Å². The normalized spacial score (nSPS) is 42.0. The van der Waals surface area contributed by atoms with Crippen molar-refractivity contribution in [2.45, 2.75) is 49.2 Å². The summed E-state index contributed by atoms with van der Waals surface area (Å²) in [6.07, 6.45) is -3.31. The minimum atomic E-state index is -1.64. The van der Waals surface area contributed by atoms with Gasteiger partial charge in [0.05, 0.1) is 13.2 Å². The average Bonchev–Trinajstić information content (AvgIpc) is 2.65. The van der Waals surface area contributed by atoms with Crippen LogP contribution in [0.2, 0.25) is 0 Å². The summed E-state index contributed by atoms with van der Waals surface area (Å²) in [5, 5.41) is 20.8. The van der Waals surface area contributed by atoms with Crippen LogP contribution in [0.25, 0.3) is 0 Å². The van der Waals surface area contributed by atoms with E-state index in [2.05, 4.69) is 0 Å². The number of aliphatic hydroxyl groups excluding tert-OH is 1. The molecule has 1 saturated carbocycles. The monoisotopic (exact) mass is 354 g/mol. The molecule has 0 unspecified atom stereocenters. The van der Waals surface area contributed by atoms with Crippen LogP contribution in [0.4, 0.5) is 0 Å². The van der Waals surface area contributed by atoms with E-state index >= 15 is 0 Å². The lowest BCUT2D eigenvalue weighted by atomic mass is 9.73. The van der Waals surface area contributed by atoms with Crippen LogP contribution in [0.1, 0.15) is 5.56 Å². The van der Waals surface area contributed by atoms with Crippen LogP contribution in [0.5, 0.6) is 0 Å². The fourth-order valence-electron chi connectivity index (χ4n) is 3.73. The Bertz CT molecular complexity index is 583. The van der Waals surface area contributed by atoms with Gasteiger partial charge >= 0.3 is 0 Å². The molecule has 138 valence electrons. The van der Waals surface area contributed by atoms with Gasteiger partial charge in [0.1, 0.15) is 42.9 Å². The molecule has 3 aliphatic heterocycles. The molecule has 8 heteroatoms. The van der Waals surface area contributed by atoms with Crippen molar-refractivity contribution in [2.24, 2.45) is 0 Å². The van der Waals surface area contributed by atoms with Crippen LogP contribution in [0.15, 0.2) is 30.3 Å². The SMILES string of the molecule is COCO[C@@H]1[C@H]2O[C@@H]3O[C@H]([C@H]2OCc2ccccc2)[C@@](O)(CO)[C@H]1O3. The molecule has 25 heavy (non-hydrogen) atoms. The predicted octanol–water partition coefficient (Wildman–Crippen LogP) is -0.236. The molecule has 5 rings (SSSR count). The third-order valence-corrected chi connectivity index (χ3v) is 4.93. The van der Waals surface area contributed by atoms with Crippen LogP contribution in [0.3, 0.4) is 0 Å². The maximum absolute atomic E-state index is 11.0. The van der Waals surface area contributed by atoms with Crippen LogP contribution in [-0.4, -0.2) is 73.3 Å². The third-order valence-electron chi connectivity index (χ3n) is 4.93. The van der Waals surface area contributed by atoms with E-state index in [-0.39, 0.29) is 6.79 Å². The molecular formula is C17H22O8. The first-order valence-corrected chi connectivity index (χ1v) is 8.23. The van der Waals surface area contributed by atoms with E-state index in [1.54, 1.807) is 0 Å². The molecule has 3 heterocycles. The van der Waals surface area contributed by atoms with Crippen LogP contribution in [-0.2, 0) is 35.0 Å². The molecule has 4 aliphatic rings. The molecule has 0 radical (unpaired) electrons. The number of hydrogen-bond acceptors (Lipinski definition) is 8. The van der Waals surface area contributed by atoms with Crippen molar-refractivity contribution in [1.82, 2.24) is 0 Å². The number of ether oxygens (including phenoxy) is 6. The van der Waals surface area contributed by atoms with Gasteiger partial charge in [0.25, 0.3) is 6.48 Å². The second-order valence-electron chi connectivity index (χ2n) is 6.45. The molecule has 1 aromatic carbocycles. The van der Waals surface area contributed by atoms with E-state index < -0.39 is 49.2 Å². The summed E-state index contributed by atoms with van der Waals surface area (Å²) in [5.41, 5.74) is -0.661. The zero-order chi connectivity index (χ0) is 17.4. The molecule has 0 spiro atoms. The highest BCUT2D eigenvalue weighted by molar-refractivity contribution is 5.16. The summed E-state index contributed by atoms with van der Waals surface area (Å²) >= 11 is 0. The Kier molecular flexibility index (Phi) is 4.78. The van der Waals surface area contributed by atoms with Gasteiger partial charge in [-0.05, 0) is 5.56 Å². The van der Waals surface area contributed by atoms with E-state index in [4.69, 9.17) is 28.4 Å². The lowest BCUT2D eigenvalue weighted by molar-refractivity contribution is -0.508. The quantitative estimate of drug-likeness (QED) is 0.648. The van der Waals surface area contributed by atoms with Crippen molar-refractivity contribution in [3.8, 4) is 0 Å². The second kappa shape index (κ2) is 6.90. The maximum atomic E-state index is 11.0. The minimum Gasteiger partial charge on any atom is -0.393 e. The van der Waals surface area contributed by atoms with Gasteiger partial charge in [-0.2, -0.15) is 0 Å². The summed E-state index contributed by atoms with van der Waals surface area (Å²) in [4.78, 5) is 0. The molecule has 3 saturated heterocycles. The van der Waals surface area contributed by atoms with Gasteiger partial charge in [0, 0.05) is 7.11 Å². The largest absolute Gasteiger partial charge is 0.393 e. The Balaban J connectivity index is 1.57. The standard InChI is InChI=1S/C17H22O8/c1-20-9-22-13-11-12(21-7-10-5-3-2-4-6-10)14-17(19,8-18)15(13)25-16(23-11)24-14/h2-6,11-16,18-19H,7-9H2,1H3/t11-,12-,13+,14+,15-,16+,17-/m0/s1. The summed E-state index contributed by atoms with van der Waals surface area (Å²) in [6, 6.07) is 9.65. The molecule has 1 aromatic rings. The van der Waals surface area contributed by atoms with Crippen LogP contribution >= 0.6 is 0 Å². The van der Waals surface area contributed by atoms with Crippen molar-refractivity contribution < 1.29 is 38.6 Å². The molecule has 7 atom stereocenters. The van der Waals surface area contributed by atoms with E-state index in [1.807, 2.05) is 30.3 Å². The van der Waals surface area contributed by atoms with Crippen molar-refractivity contribution >= 4 is 0 Å². The Morgan fingerprint density at radius 1 is 1.04 bits per heavy atom. The highest BCUT2D eigenvalue weighted by atomic mass is 16.9. The highest BCUT2D eigenvalue weighted by Crippen LogP contribution is 2.47. The first kappa shape index (κ1) is 17.3. The lowest BCUT2D eigenvalue weighted by Gasteiger charge is -2.61. The summed E-state index contributed by atoms with van der Waals surface area (Å²) in [6.45, 7) is -1.11. The van der Waals surface area contributed by atoms with Gasteiger partial charge in [-0.15, -0.1) is 0 Å². The zero-order valence-electron chi connectivity index (χ0n) is 13.8. The van der Waals surface area contributed by atoms with Crippen molar-refractivity contribution in [2.75, 3.05) is 20.5 Å². The highest BCUT2D eigenvalue weighted by Gasteiger charge is 2.69. The van der Waals surface area contributed by atoms with Crippen LogP contribution < -0.4 is 0 Å². The van der Waals surface area contributed by atoms with Gasteiger partial charge < -0.3 is 38.6 Å². The Morgan fingerprint density at radius 2 is 1.72 bits per heavy atom. The Labute approximate surface area is 145 Å². The van der Waals surface area contributed by atoms with Gasteiger partial charge in [0.15, 0.2) is 0 Å². The van der Waals surface area contributed by atoms with Gasteiger partial charge in [-0.1, -0.05) is 30.3 Å². The molecular weight excluding hydrogens is 332 g/mol. The first-order chi connectivity index (χ1) is 12.2.